The molecule has 0 N–H and O–H groups in total. The zero-order valence-corrected chi connectivity index (χ0v) is 17.0. The van der Waals surface area contributed by atoms with Crippen molar-refractivity contribution < 1.29 is 9.59 Å². The number of pyridine rings is 2. The van der Waals surface area contributed by atoms with Gasteiger partial charge in [-0.1, -0.05) is 12.1 Å². The quantitative estimate of drug-likeness (QED) is 0.763. The minimum Gasteiger partial charge on any atom is -0.341 e. The minimum absolute atomic E-state index is 0.0236. The van der Waals surface area contributed by atoms with Gasteiger partial charge in [0.15, 0.2) is 0 Å². The topological polar surface area (TPSA) is 69.6 Å². The molecule has 0 aromatic carbocycles. The molecule has 0 radical (unpaired) electrons. The van der Waals surface area contributed by atoms with Gasteiger partial charge in [-0.15, -0.1) is 0 Å². The van der Waals surface area contributed by atoms with Gasteiger partial charge in [0.25, 0.3) is 5.91 Å². The van der Waals surface area contributed by atoms with Crippen LogP contribution >= 0.6 is 0 Å². The van der Waals surface area contributed by atoms with Gasteiger partial charge in [0, 0.05) is 62.1 Å². The fourth-order valence-electron chi connectivity index (χ4n) is 4.80. The Kier molecular flexibility index (Phi) is 5.32. The Labute approximate surface area is 171 Å². The Morgan fingerprint density at radius 2 is 1.72 bits per heavy atom. The Hall–Kier alpha value is -2.80. The van der Waals surface area contributed by atoms with Crippen LogP contribution in [0.25, 0.3) is 0 Å². The number of hydrogen-bond donors (Lipinski definition) is 0. The highest BCUT2D eigenvalue weighted by molar-refractivity contribution is 5.92. The highest BCUT2D eigenvalue weighted by atomic mass is 16.2. The number of hydrogen-bond acceptors (Lipinski definition) is 5. The van der Waals surface area contributed by atoms with Gasteiger partial charge in [0.05, 0.1) is 6.42 Å². The zero-order valence-electron chi connectivity index (χ0n) is 17.0. The molecule has 0 saturated carbocycles. The van der Waals surface area contributed by atoms with Crippen LogP contribution in [0.5, 0.6) is 0 Å². The van der Waals surface area contributed by atoms with Crippen molar-refractivity contribution in [3.8, 4) is 0 Å². The number of carbonyl (C=O) groups is 2. The number of nitrogens with zero attached hydrogens (tertiary/aromatic N) is 5. The van der Waals surface area contributed by atoms with Crippen LogP contribution in [0, 0.1) is 11.3 Å². The summed E-state index contributed by atoms with van der Waals surface area (Å²) in [5.41, 5.74) is 1.17. The summed E-state index contributed by atoms with van der Waals surface area (Å²) in [4.78, 5) is 40.4. The molecule has 2 aliphatic rings. The molecule has 0 bridgehead atoms. The Balaban J connectivity index is 1.48. The summed E-state index contributed by atoms with van der Waals surface area (Å²) in [6, 6.07) is 11.1. The van der Waals surface area contributed by atoms with E-state index in [2.05, 4.69) is 14.9 Å². The number of amides is 2. The summed E-state index contributed by atoms with van der Waals surface area (Å²) in [7, 11) is 4.10. The lowest BCUT2D eigenvalue weighted by Crippen LogP contribution is -2.44. The smallest absolute Gasteiger partial charge is 0.272 e. The van der Waals surface area contributed by atoms with Crippen molar-refractivity contribution in [2.45, 2.75) is 6.42 Å². The highest BCUT2D eigenvalue weighted by Crippen LogP contribution is 2.43. The van der Waals surface area contributed by atoms with Crippen LogP contribution in [0.15, 0.2) is 48.8 Å². The van der Waals surface area contributed by atoms with Crippen LogP contribution in [-0.2, 0) is 11.2 Å². The Morgan fingerprint density at radius 1 is 1.03 bits per heavy atom. The van der Waals surface area contributed by atoms with Crippen molar-refractivity contribution >= 4 is 11.8 Å². The Morgan fingerprint density at radius 3 is 2.38 bits per heavy atom. The molecule has 4 heterocycles. The minimum atomic E-state index is -0.103. The first kappa shape index (κ1) is 19.5. The third kappa shape index (κ3) is 4.00. The van der Waals surface area contributed by atoms with Crippen LogP contribution in [0.3, 0.4) is 0 Å². The average molecular weight is 393 g/mol. The predicted octanol–water partition coefficient (Wildman–Crippen LogP) is 1.18. The summed E-state index contributed by atoms with van der Waals surface area (Å²) in [5, 5.41) is 0. The molecular formula is C22H27N5O2. The van der Waals surface area contributed by atoms with E-state index in [1.54, 1.807) is 18.5 Å². The SMILES string of the molecule is CN(C)C[C@]12CN(C(=O)Cc3ccccn3)C[C@H]1CN(C(=O)c1ccccn1)C2. The maximum absolute atomic E-state index is 12.9. The second kappa shape index (κ2) is 7.91. The monoisotopic (exact) mass is 393 g/mol. The number of rotatable bonds is 5. The summed E-state index contributed by atoms with van der Waals surface area (Å²) in [6.45, 7) is 3.52. The van der Waals surface area contributed by atoms with E-state index < -0.39 is 0 Å². The number of likely N-dealkylation sites (tertiary alicyclic amines) is 2. The van der Waals surface area contributed by atoms with Gasteiger partial charge in [0.1, 0.15) is 5.69 Å². The van der Waals surface area contributed by atoms with E-state index in [0.717, 1.165) is 12.2 Å². The van der Waals surface area contributed by atoms with Crippen molar-refractivity contribution in [3.63, 3.8) is 0 Å². The van der Waals surface area contributed by atoms with Crippen molar-refractivity contribution in [1.29, 1.82) is 0 Å². The van der Waals surface area contributed by atoms with Gasteiger partial charge in [-0.05, 0) is 38.4 Å². The van der Waals surface area contributed by atoms with Gasteiger partial charge in [0.2, 0.25) is 5.91 Å². The first-order chi connectivity index (χ1) is 14.0. The molecule has 2 aliphatic heterocycles. The third-order valence-electron chi connectivity index (χ3n) is 5.97. The maximum atomic E-state index is 12.9. The highest BCUT2D eigenvalue weighted by Gasteiger charge is 2.54. The molecule has 7 heteroatoms. The fraction of sp³-hybridized carbons (Fsp3) is 0.455. The van der Waals surface area contributed by atoms with Gasteiger partial charge in [-0.3, -0.25) is 19.6 Å². The van der Waals surface area contributed by atoms with E-state index in [0.29, 0.717) is 38.3 Å². The van der Waals surface area contributed by atoms with E-state index in [1.807, 2.05) is 54.2 Å². The second-order valence-electron chi connectivity index (χ2n) is 8.47. The van der Waals surface area contributed by atoms with E-state index in [1.165, 1.54) is 0 Å². The third-order valence-corrected chi connectivity index (χ3v) is 5.97. The lowest BCUT2D eigenvalue weighted by atomic mass is 9.80. The summed E-state index contributed by atoms with van der Waals surface area (Å²) >= 11 is 0. The van der Waals surface area contributed by atoms with Crippen LogP contribution in [0.4, 0.5) is 0 Å². The van der Waals surface area contributed by atoms with Gasteiger partial charge in [-0.2, -0.15) is 0 Å². The van der Waals surface area contributed by atoms with Crippen LogP contribution in [-0.4, -0.2) is 83.3 Å². The molecule has 2 atom stereocenters. The Bertz CT molecular complexity index is 873. The molecule has 4 rings (SSSR count). The number of aromatic nitrogens is 2. The van der Waals surface area contributed by atoms with Crippen molar-refractivity contribution in [2.75, 3.05) is 46.8 Å². The summed E-state index contributed by atoms with van der Waals surface area (Å²) < 4.78 is 0. The molecule has 2 aromatic heterocycles. The maximum Gasteiger partial charge on any atom is 0.272 e. The largest absolute Gasteiger partial charge is 0.341 e. The molecule has 2 fully saturated rings. The number of fused-ring (bicyclic) bond motifs is 1. The van der Waals surface area contributed by atoms with Crippen molar-refractivity contribution in [2.24, 2.45) is 11.3 Å². The number of carbonyl (C=O) groups excluding carboxylic acids is 2. The summed E-state index contributed by atoms with van der Waals surface area (Å²) in [5.74, 6) is 0.355. The fourth-order valence-corrected chi connectivity index (χ4v) is 4.80. The predicted molar refractivity (Wildman–Crippen MR) is 109 cm³/mol. The lowest BCUT2D eigenvalue weighted by molar-refractivity contribution is -0.130. The molecule has 7 nitrogen and oxygen atoms in total. The van der Waals surface area contributed by atoms with Crippen molar-refractivity contribution in [1.82, 2.24) is 24.7 Å². The first-order valence-electron chi connectivity index (χ1n) is 9.99. The van der Waals surface area contributed by atoms with Crippen LogP contribution in [0.1, 0.15) is 16.2 Å². The van der Waals surface area contributed by atoms with Crippen LogP contribution < -0.4 is 0 Å². The molecule has 152 valence electrons. The van der Waals surface area contributed by atoms with E-state index >= 15 is 0 Å². The zero-order chi connectivity index (χ0) is 20.4. The van der Waals surface area contributed by atoms with Crippen molar-refractivity contribution in [3.05, 3.63) is 60.2 Å². The van der Waals surface area contributed by atoms with E-state index in [9.17, 15) is 9.59 Å². The molecule has 0 aliphatic carbocycles. The van der Waals surface area contributed by atoms with E-state index in [-0.39, 0.29) is 23.1 Å². The average Bonchev–Trinajstić information content (AvgIpc) is 3.22. The van der Waals surface area contributed by atoms with E-state index in [4.69, 9.17) is 0 Å². The second-order valence-corrected chi connectivity index (χ2v) is 8.47. The molecule has 2 aromatic rings. The molecule has 0 spiro atoms. The normalized spacial score (nSPS) is 23.5. The first-order valence-corrected chi connectivity index (χ1v) is 9.99. The van der Waals surface area contributed by atoms with Gasteiger partial charge in [-0.25, -0.2) is 0 Å². The standard InChI is InChI=1S/C22H27N5O2/c1-25(2)14-22-15-26(20(28)11-18-7-3-5-9-23-18)12-17(22)13-27(16-22)21(29)19-8-4-6-10-24-19/h3-10,17H,11-16H2,1-2H3/t17-,22+/m0/s1. The molecule has 0 unspecified atom stereocenters. The molecule has 29 heavy (non-hydrogen) atoms. The van der Waals surface area contributed by atoms with Gasteiger partial charge < -0.3 is 14.7 Å². The van der Waals surface area contributed by atoms with Crippen LogP contribution in [0.2, 0.25) is 0 Å². The molecular weight excluding hydrogens is 366 g/mol. The summed E-state index contributed by atoms with van der Waals surface area (Å²) in [6.07, 6.45) is 3.69. The lowest BCUT2D eigenvalue weighted by Gasteiger charge is -2.32. The van der Waals surface area contributed by atoms with Gasteiger partial charge >= 0.3 is 0 Å². The molecule has 2 saturated heterocycles. The molecule has 2 amide bonds.